The third-order valence-corrected chi connectivity index (χ3v) is 7.39. The number of nitrogens with zero attached hydrogens (tertiary/aromatic N) is 1. The highest BCUT2D eigenvalue weighted by Gasteiger charge is 2.46. The maximum atomic E-state index is 4.94. The molecule has 3 aromatic rings. The van der Waals surface area contributed by atoms with Crippen molar-refractivity contribution in [2.45, 2.75) is 30.3 Å². The molecule has 2 aliphatic heterocycles. The Hall–Kier alpha value is -1.52. The Bertz CT molecular complexity index is 998. The topological polar surface area (TPSA) is 24.9 Å². The van der Waals surface area contributed by atoms with Crippen LogP contribution >= 0.6 is 27.7 Å². The molecule has 0 radical (unpaired) electrons. The number of pyridine rings is 1. The lowest BCUT2D eigenvalue weighted by Gasteiger charge is -2.48. The van der Waals surface area contributed by atoms with Gasteiger partial charge in [-0.15, -0.1) is 11.8 Å². The van der Waals surface area contributed by atoms with Gasteiger partial charge in [0.25, 0.3) is 0 Å². The Morgan fingerprint density at radius 3 is 2.88 bits per heavy atom. The fourth-order valence-corrected chi connectivity index (χ4v) is 6.10. The van der Waals surface area contributed by atoms with E-state index >= 15 is 0 Å². The van der Waals surface area contributed by atoms with Gasteiger partial charge in [0.2, 0.25) is 0 Å². The summed E-state index contributed by atoms with van der Waals surface area (Å²) in [6.07, 6.45) is 0. The summed E-state index contributed by atoms with van der Waals surface area (Å²) < 4.78 is 1.15. The Kier molecular flexibility index (Phi) is 3.45. The summed E-state index contributed by atoms with van der Waals surface area (Å²) in [5.74, 6) is 1.63. The summed E-state index contributed by atoms with van der Waals surface area (Å²) >= 11 is 5.55. The van der Waals surface area contributed by atoms with Gasteiger partial charge in [-0.3, -0.25) is 0 Å². The van der Waals surface area contributed by atoms with Crippen LogP contribution in [0.5, 0.6) is 0 Å². The fourth-order valence-electron chi connectivity index (χ4n) is 4.28. The first-order valence-corrected chi connectivity index (χ1v) is 10.4. The molecule has 4 heteroatoms. The molecule has 0 spiro atoms. The SMILES string of the molecule is CC1(C)c2cc(Br)ccc2N[C@@H]2c3cc4ccccc4nc3SC[C@H]21. The zero-order chi connectivity index (χ0) is 17.2. The van der Waals surface area contributed by atoms with E-state index in [2.05, 4.69) is 83.6 Å². The van der Waals surface area contributed by atoms with Crippen LogP contribution in [0.2, 0.25) is 0 Å². The third kappa shape index (κ3) is 2.34. The Balaban J connectivity index is 1.69. The van der Waals surface area contributed by atoms with Crippen LogP contribution in [0.25, 0.3) is 10.9 Å². The lowest BCUT2D eigenvalue weighted by molar-refractivity contribution is 0.292. The molecule has 5 rings (SSSR count). The zero-order valence-corrected chi connectivity index (χ0v) is 16.6. The number of hydrogen-bond donors (Lipinski definition) is 1. The minimum Gasteiger partial charge on any atom is -0.378 e. The molecule has 0 saturated carbocycles. The van der Waals surface area contributed by atoms with Crippen molar-refractivity contribution >= 4 is 44.3 Å². The minimum atomic E-state index is 0.116. The predicted octanol–water partition coefficient (Wildman–Crippen LogP) is 6.16. The highest BCUT2D eigenvalue weighted by molar-refractivity contribution is 9.10. The largest absolute Gasteiger partial charge is 0.378 e. The molecule has 126 valence electrons. The van der Waals surface area contributed by atoms with Gasteiger partial charge in [-0.1, -0.05) is 48.0 Å². The van der Waals surface area contributed by atoms with E-state index in [4.69, 9.17) is 4.98 Å². The summed E-state index contributed by atoms with van der Waals surface area (Å²) in [4.78, 5) is 4.94. The summed E-state index contributed by atoms with van der Waals surface area (Å²) in [7, 11) is 0. The van der Waals surface area contributed by atoms with Crippen molar-refractivity contribution in [3.63, 3.8) is 0 Å². The number of rotatable bonds is 0. The number of anilines is 1. The quantitative estimate of drug-likeness (QED) is 0.479. The van der Waals surface area contributed by atoms with Crippen LogP contribution in [0.3, 0.4) is 0 Å². The van der Waals surface area contributed by atoms with Gasteiger partial charge in [0.05, 0.1) is 11.6 Å². The number of thioether (sulfide) groups is 1. The van der Waals surface area contributed by atoms with Gasteiger partial charge >= 0.3 is 0 Å². The molecule has 25 heavy (non-hydrogen) atoms. The summed E-state index contributed by atoms with van der Waals surface area (Å²) in [6.45, 7) is 4.77. The molecule has 1 N–H and O–H groups in total. The van der Waals surface area contributed by atoms with Crippen LogP contribution in [0.1, 0.15) is 31.0 Å². The van der Waals surface area contributed by atoms with Crippen molar-refractivity contribution in [2.75, 3.05) is 11.1 Å². The molecule has 0 bridgehead atoms. The maximum Gasteiger partial charge on any atom is 0.102 e. The average molecular weight is 411 g/mol. The van der Waals surface area contributed by atoms with Crippen LogP contribution in [-0.4, -0.2) is 10.7 Å². The second kappa shape index (κ2) is 5.49. The van der Waals surface area contributed by atoms with Crippen molar-refractivity contribution < 1.29 is 0 Å². The first kappa shape index (κ1) is 15.7. The molecule has 2 nitrogen and oxygen atoms in total. The van der Waals surface area contributed by atoms with Gasteiger partial charge in [0, 0.05) is 32.8 Å². The number of benzene rings is 2. The average Bonchev–Trinajstić information content (AvgIpc) is 2.61. The van der Waals surface area contributed by atoms with Crippen molar-refractivity contribution in [2.24, 2.45) is 5.92 Å². The molecule has 0 unspecified atom stereocenters. The molecule has 0 fully saturated rings. The molecule has 2 aliphatic rings. The van der Waals surface area contributed by atoms with Crippen molar-refractivity contribution in [1.29, 1.82) is 0 Å². The molecule has 3 heterocycles. The van der Waals surface area contributed by atoms with E-state index in [9.17, 15) is 0 Å². The Morgan fingerprint density at radius 2 is 2.00 bits per heavy atom. The van der Waals surface area contributed by atoms with E-state index in [0.29, 0.717) is 12.0 Å². The first-order valence-electron chi connectivity index (χ1n) is 8.63. The second-order valence-corrected chi connectivity index (χ2v) is 9.45. The monoisotopic (exact) mass is 410 g/mol. The van der Waals surface area contributed by atoms with Gasteiger partial charge in [0.15, 0.2) is 0 Å². The van der Waals surface area contributed by atoms with Crippen LogP contribution in [0.4, 0.5) is 5.69 Å². The third-order valence-electron chi connectivity index (χ3n) is 5.77. The molecular formula is C21H19BrN2S. The van der Waals surface area contributed by atoms with Crippen LogP contribution in [-0.2, 0) is 5.41 Å². The number of nitrogens with one attached hydrogen (secondary N) is 1. The molecule has 1 aromatic heterocycles. The van der Waals surface area contributed by atoms with Crippen molar-refractivity contribution in [1.82, 2.24) is 4.98 Å². The van der Waals surface area contributed by atoms with Gasteiger partial charge in [-0.2, -0.15) is 0 Å². The molecular weight excluding hydrogens is 392 g/mol. The number of fused-ring (bicyclic) bond motifs is 5. The fraction of sp³-hybridized carbons (Fsp3) is 0.286. The minimum absolute atomic E-state index is 0.116. The number of aromatic nitrogens is 1. The predicted molar refractivity (Wildman–Crippen MR) is 109 cm³/mol. The van der Waals surface area contributed by atoms with Crippen LogP contribution in [0, 0.1) is 5.92 Å². The summed E-state index contributed by atoms with van der Waals surface area (Å²) in [6, 6.07) is 17.7. The van der Waals surface area contributed by atoms with E-state index in [-0.39, 0.29) is 5.41 Å². The van der Waals surface area contributed by atoms with E-state index in [1.165, 1.54) is 27.2 Å². The highest BCUT2D eigenvalue weighted by atomic mass is 79.9. The van der Waals surface area contributed by atoms with Crippen LogP contribution in [0.15, 0.2) is 58.0 Å². The smallest absolute Gasteiger partial charge is 0.102 e. The molecule has 2 aromatic carbocycles. The standard InChI is InChI=1S/C21H19BrN2S/c1-21(2)15-10-13(22)7-8-18(15)23-19-14-9-12-5-3-4-6-17(12)24-20(14)25-11-16(19)21/h3-10,16,19,23H,11H2,1-2H3/t16-,19-/m1/s1. The highest BCUT2D eigenvalue weighted by Crippen LogP contribution is 2.54. The maximum absolute atomic E-state index is 4.94. The van der Waals surface area contributed by atoms with Crippen LogP contribution < -0.4 is 5.32 Å². The second-order valence-electron chi connectivity index (χ2n) is 7.53. The molecule has 0 saturated heterocycles. The van der Waals surface area contributed by atoms with Crippen molar-refractivity contribution in [3.05, 3.63) is 64.1 Å². The molecule has 0 amide bonds. The van der Waals surface area contributed by atoms with Gasteiger partial charge < -0.3 is 5.32 Å². The van der Waals surface area contributed by atoms with E-state index in [1.54, 1.807) is 0 Å². The van der Waals surface area contributed by atoms with Gasteiger partial charge in [-0.25, -0.2) is 4.98 Å². The lowest BCUT2D eigenvalue weighted by Crippen LogP contribution is -2.44. The summed E-state index contributed by atoms with van der Waals surface area (Å²) in [5.41, 5.74) is 5.21. The van der Waals surface area contributed by atoms with Gasteiger partial charge in [-0.05, 0) is 41.3 Å². The Labute approximate surface area is 160 Å². The number of halogens is 1. The van der Waals surface area contributed by atoms with Crippen molar-refractivity contribution in [3.8, 4) is 0 Å². The van der Waals surface area contributed by atoms with E-state index in [1.807, 2.05) is 11.8 Å². The van der Waals surface area contributed by atoms with Gasteiger partial charge in [0.1, 0.15) is 5.03 Å². The Morgan fingerprint density at radius 1 is 1.16 bits per heavy atom. The normalized spacial score (nSPS) is 23.3. The summed E-state index contributed by atoms with van der Waals surface area (Å²) in [5, 5.41) is 6.24. The number of hydrogen-bond acceptors (Lipinski definition) is 3. The number of para-hydroxylation sites is 1. The van der Waals surface area contributed by atoms with E-state index in [0.717, 1.165) is 15.7 Å². The first-order chi connectivity index (χ1) is 12.0. The molecule has 0 aliphatic carbocycles. The molecule has 2 atom stereocenters. The lowest BCUT2D eigenvalue weighted by atomic mass is 9.66. The zero-order valence-electron chi connectivity index (χ0n) is 14.2. The van der Waals surface area contributed by atoms with E-state index < -0.39 is 0 Å².